The molecule has 1 aromatic rings. The number of benzene rings is 1. The molecule has 0 radical (unpaired) electrons. The molecule has 3 N–H and O–H groups in total. The molecule has 1 aromatic carbocycles. The molecule has 1 rings (SSSR count). The molecule has 3 amide bonds. The van der Waals surface area contributed by atoms with E-state index >= 15 is 0 Å². The molecule has 0 heterocycles. The van der Waals surface area contributed by atoms with E-state index in [1.54, 1.807) is 32.9 Å². The standard InChI is InChI=1S/C15H22ClN3O3/c1-10-5-6-11(16)9-12(10)19-13(20)17-7-8-18-14(21)22-15(2,3)4/h5-6,9H,7-8H2,1-4H3,(H,18,21)(H2,17,19,20). The van der Waals surface area contributed by atoms with Crippen LogP contribution in [0.5, 0.6) is 0 Å². The van der Waals surface area contributed by atoms with Crippen molar-refractivity contribution in [2.24, 2.45) is 0 Å². The second-order valence-electron chi connectivity index (χ2n) is 5.77. The maximum atomic E-state index is 11.7. The van der Waals surface area contributed by atoms with Gasteiger partial charge in [-0.15, -0.1) is 0 Å². The zero-order valence-corrected chi connectivity index (χ0v) is 14.0. The van der Waals surface area contributed by atoms with Crippen LogP contribution in [0.4, 0.5) is 15.3 Å². The van der Waals surface area contributed by atoms with Crippen molar-refractivity contribution >= 4 is 29.4 Å². The minimum atomic E-state index is -0.543. The van der Waals surface area contributed by atoms with Crippen LogP contribution in [-0.2, 0) is 4.74 Å². The van der Waals surface area contributed by atoms with Gasteiger partial charge in [-0.3, -0.25) is 0 Å². The van der Waals surface area contributed by atoms with E-state index in [4.69, 9.17) is 16.3 Å². The number of nitrogens with one attached hydrogen (secondary N) is 3. The first-order valence-corrected chi connectivity index (χ1v) is 7.33. The molecule has 0 aromatic heterocycles. The average Bonchev–Trinajstić information content (AvgIpc) is 2.37. The fraction of sp³-hybridized carbons (Fsp3) is 0.467. The normalized spacial score (nSPS) is 10.8. The van der Waals surface area contributed by atoms with Crippen LogP contribution in [0.3, 0.4) is 0 Å². The third-order valence-corrected chi connectivity index (χ3v) is 2.76. The monoisotopic (exact) mass is 327 g/mol. The lowest BCUT2D eigenvalue weighted by molar-refractivity contribution is 0.0528. The first-order chi connectivity index (χ1) is 10.2. The predicted octanol–water partition coefficient (Wildman–Crippen LogP) is 3.29. The molecule has 0 saturated heterocycles. The molecule has 7 heteroatoms. The summed E-state index contributed by atoms with van der Waals surface area (Å²) >= 11 is 5.88. The van der Waals surface area contributed by atoms with E-state index in [9.17, 15) is 9.59 Å². The van der Waals surface area contributed by atoms with Crippen LogP contribution in [-0.4, -0.2) is 30.8 Å². The molecule has 122 valence electrons. The Morgan fingerprint density at radius 1 is 1.18 bits per heavy atom. The van der Waals surface area contributed by atoms with Crippen LogP contribution in [0.1, 0.15) is 26.3 Å². The third kappa shape index (κ3) is 7.17. The second kappa shape index (κ2) is 7.89. The minimum absolute atomic E-state index is 0.275. The highest BCUT2D eigenvalue weighted by molar-refractivity contribution is 6.31. The van der Waals surface area contributed by atoms with Crippen LogP contribution in [0.25, 0.3) is 0 Å². The summed E-state index contributed by atoms with van der Waals surface area (Å²) in [6.07, 6.45) is -0.514. The van der Waals surface area contributed by atoms with E-state index < -0.39 is 11.7 Å². The van der Waals surface area contributed by atoms with Gasteiger partial charge in [-0.1, -0.05) is 17.7 Å². The summed E-state index contributed by atoms with van der Waals surface area (Å²) in [6, 6.07) is 4.89. The zero-order chi connectivity index (χ0) is 16.8. The van der Waals surface area contributed by atoms with Crippen molar-refractivity contribution in [3.63, 3.8) is 0 Å². The molecule has 0 saturated carbocycles. The van der Waals surface area contributed by atoms with Gasteiger partial charge >= 0.3 is 12.1 Å². The lowest BCUT2D eigenvalue weighted by Gasteiger charge is -2.19. The molecule has 6 nitrogen and oxygen atoms in total. The van der Waals surface area contributed by atoms with Gasteiger partial charge in [-0.05, 0) is 45.4 Å². The highest BCUT2D eigenvalue weighted by Crippen LogP contribution is 2.19. The Kier molecular flexibility index (Phi) is 6.49. The molecule has 0 atom stereocenters. The highest BCUT2D eigenvalue weighted by atomic mass is 35.5. The van der Waals surface area contributed by atoms with Crippen molar-refractivity contribution in [1.82, 2.24) is 10.6 Å². The van der Waals surface area contributed by atoms with Gasteiger partial charge in [-0.2, -0.15) is 0 Å². The fourth-order valence-corrected chi connectivity index (χ4v) is 1.72. The summed E-state index contributed by atoms with van der Waals surface area (Å²) in [7, 11) is 0. The first-order valence-electron chi connectivity index (χ1n) is 6.95. The number of carbonyl (C=O) groups excluding carboxylic acids is 2. The smallest absolute Gasteiger partial charge is 0.407 e. The Hall–Kier alpha value is -1.95. The van der Waals surface area contributed by atoms with E-state index in [1.807, 2.05) is 13.0 Å². The van der Waals surface area contributed by atoms with Gasteiger partial charge in [0.15, 0.2) is 0 Å². The molecular weight excluding hydrogens is 306 g/mol. The number of hydrogen-bond acceptors (Lipinski definition) is 3. The number of rotatable bonds is 4. The number of anilines is 1. The molecule has 0 aliphatic carbocycles. The maximum Gasteiger partial charge on any atom is 0.407 e. The molecule has 0 fully saturated rings. The molecule has 22 heavy (non-hydrogen) atoms. The number of halogens is 1. The predicted molar refractivity (Wildman–Crippen MR) is 87.4 cm³/mol. The quantitative estimate of drug-likeness (QED) is 0.742. The summed E-state index contributed by atoms with van der Waals surface area (Å²) in [5.41, 5.74) is 1.01. The molecule has 0 aliphatic rings. The number of ether oxygens (including phenoxy) is 1. The Morgan fingerprint density at radius 2 is 1.82 bits per heavy atom. The van der Waals surface area contributed by atoms with E-state index in [-0.39, 0.29) is 19.1 Å². The molecule has 0 unspecified atom stereocenters. The molecule has 0 aliphatic heterocycles. The Bertz CT molecular complexity index is 541. The maximum absolute atomic E-state index is 11.7. The Morgan fingerprint density at radius 3 is 2.45 bits per heavy atom. The van der Waals surface area contributed by atoms with Crippen molar-refractivity contribution in [2.45, 2.75) is 33.3 Å². The molecule has 0 bridgehead atoms. The second-order valence-corrected chi connectivity index (χ2v) is 6.21. The summed E-state index contributed by atoms with van der Waals surface area (Å²) in [4.78, 5) is 23.1. The van der Waals surface area contributed by atoms with Crippen LogP contribution < -0.4 is 16.0 Å². The lowest BCUT2D eigenvalue weighted by Crippen LogP contribution is -2.39. The average molecular weight is 328 g/mol. The Balaban J connectivity index is 2.29. The van der Waals surface area contributed by atoms with Crippen molar-refractivity contribution in [3.8, 4) is 0 Å². The van der Waals surface area contributed by atoms with Crippen LogP contribution in [0, 0.1) is 6.92 Å². The van der Waals surface area contributed by atoms with Gasteiger partial charge in [0.1, 0.15) is 5.60 Å². The zero-order valence-electron chi connectivity index (χ0n) is 13.2. The lowest BCUT2D eigenvalue weighted by atomic mass is 10.2. The topological polar surface area (TPSA) is 79.5 Å². The van der Waals surface area contributed by atoms with E-state index in [0.29, 0.717) is 10.7 Å². The third-order valence-electron chi connectivity index (χ3n) is 2.53. The van der Waals surface area contributed by atoms with E-state index in [1.165, 1.54) is 0 Å². The van der Waals surface area contributed by atoms with Crippen LogP contribution in [0.15, 0.2) is 18.2 Å². The molecule has 0 spiro atoms. The van der Waals surface area contributed by atoms with Crippen LogP contribution >= 0.6 is 11.6 Å². The number of aryl methyl sites for hydroxylation is 1. The summed E-state index contributed by atoms with van der Waals surface area (Å²) in [5.74, 6) is 0. The number of carbonyl (C=O) groups is 2. The number of hydrogen-bond donors (Lipinski definition) is 3. The van der Waals surface area contributed by atoms with E-state index in [0.717, 1.165) is 5.56 Å². The van der Waals surface area contributed by atoms with Crippen molar-refractivity contribution in [1.29, 1.82) is 0 Å². The summed E-state index contributed by atoms with van der Waals surface area (Å²) in [6.45, 7) is 7.78. The number of urea groups is 1. The van der Waals surface area contributed by atoms with Crippen LogP contribution in [0.2, 0.25) is 5.02 Å². The molecular formula is C15H22ClN3O3. The summed E-state index contributed by atoms with van der Waals surface area (Å²) in [5, 5.41) is 8.43. The first kappa shape index (κ1) is 18.1. The van der Waals surface area contributed by atoms with Gasteiger partial charge < -0.3 is 20.7 Å². The minimum Gasteiger partial charge on any atom is -0.444 e. The SMILES string of the molecule is Cc1ccc(Cl)cc1NC(=O)NCCNC(=O)OC(C)(C)C. The van der Waals surface area contributed by atoms with Crippen molar-refractivity contribution < 1.29 is 14.3 Å². The van der Waals surface area contributed by atoms with Gasteiger partial charge in [0.25, 0.3) is 0 Å². The van der Waals surface area contributed by atoms with Gasteiger partial charge in [0, 0.05) is 23.8 Å². The van der Waals surface area contributed by atoms with Crippen molar-refractivity contribution in [3.05, 3.63) is 28.8 Å². The Labute approximate surface area is 135 Å². The summed E-state index contributed by atoms with van der Waals surface area (Å²) < 4.78 is 5.08. The number of alkyl carbamates (subject to hydrolysis) is 1. The van der Waals surface area contributed by atoms with Gasteiger partial charge in [-0.25, -0.2) is 9.59 Å². The van der Waals surface area contributed by atoms with E-state index in [2.05, 4.69) is 16.0 Å². The van der Waals surface area contributed by atoms with Gasteiger partial charge in [0.05, 0.1) is 0 Å². The fourth-order valence-electron chi connectivity index (χ4n) is 1.55. The highest BCUT2D eigenvalue weighted by Gasteiger charge is 2.15. The largest absolute Gasteiger partial charge is 0.444 e. The number of amides is 3. The van der Waals surface area contributed by atoms with Crippen molar-refractivity contribution in [2.75, 3.05) is 18.4 Å². The van der Waals surface area contributed by atoms with Gasteiger partial charge in [0.2, 0.25) is 0 Å².